The molecule has 2 rings (SSSR count). The van der Waals surface area contributed by atoms with E-state index in [1.165, 1.54) is 0 Å². The third-order valence-corrected chi connectivity index (χ3v) is 4.06. The third kappa shape index (κ3) is 5.05. The summed E-state index contributed by atoms with van der Waals surface area (Å²) in [6.45, 7) is 10.1. The molecule has 0 radical (unpaired) electrons. The SMILES string of the molecule is CC(C)N1CC(C(=O)Nc2ccc(C(=O)NC(C)(C)C)cc2)CC1=O. The molecule has 136 valence electrons. The summed E-state index contributed by atoms with van der Waals surface area (Å²) in [7, 11) is 0. The maximum absolute atomic E-state index is 12.4. The van der Waals surface area contributed by atoms with Crippen LogP contribution >= 0.6 is 0 Å². The predicted molar refractivity (Wildman–Crippen MR) is 97.2 cm³/mol. The summed E-state index contributed by atoms with van der Waals surface area (Å²) in [5, 5.41) is 5.72. The fourth-order valence-corrected chi connectivity index (χ4v) is 2.77. The minimum Gasteiger partial charge on any atom is -0.347 e. The van der Waals surface area contributed by atoms with Crippen molar-refractivity contribution in [1.82, 2.24) is 10.2 Å². The van der Waals surface area contributed by atoms with Crippen molar-refractivity contribution in [3.05, 3.63) is 29.8 Å². The standard InChI is InChI=1S/C19H27N3O3/c1-12(2)22-11-14(10-16(22)23)17(24)20-15-8-6-13(7-9-15)18(25)21-19(3,4)5/h6-9,12,14H,10-11H2,1-5H3,(H,20,24)(H,21,25). The monoisotopic (exact) mass is 345 g/mol. The smallest absolute Gasteiger partial charge is 0.251 e. The van der Waals surface area contributed by atoms with Crippen molar-refractivity contribution in [2.45, 2.75) is 52.6 Å². The maximum Gasteiger partial charge on any atom is 0.251 e. The Hall–Kier alpha value is -2.37. The van der Waals surface area contributed by atoms with Gasteiger partial charge in [0, 0.05) is 35.8 Å². The Kier molecular flexibility index (Phi) is 5.50. The van der Waals surface area contributed by atoms with Gasteiger partial charge in [-0.1, -0.05) is 0 Å². The van der Waals surface area contributed by atoms with Gasteiger partial charge in [-0.3, -0.25) is 14.4 Å². The second kappa shape index (κ2) is 7.25. The summed E-state index contributed by atoms with van der Waals surface area (Å²) in [6, 6.07) is 6.86. The van der Waals surface area contributed by atoms with Crippen LogP contribution in [-0.2, 0) is 9.59 Å². The van der Waals surface area contributed by atoms with Crippen LogP contribution in [-0.4, -0.2) is 40.7 Å². The molecule has 1 fully saturated rings. The molecular formula is C19H27N3O3. The Bertz CT molecular complexity index is 659. The quantitative estimate of drug-likeness (QED) is 0.879. The zero-order valence-corrected chi connectivity index (χ0v) is 15.6. The van der Waals surface area contributed by atoms with Gasteiger partial charge in [-0.25, -0.2) is 0 Å². The van der Waals surface area contributed by atoms with Crippen molar-refractivity contribution in [3.63, 3.8) is 0 Å². The molecule has 0 aliphatic carbocycles. The van der Waals surface area contributed by atoms with Crippen LogP contribution in [0.25, 0.3) is 0 Å². The summed E-state index contributed by atoms with van der Waals surface area (Å²) in [5.41, 5.74) is 0.851. The van der Waals surface area contributed by atoms with E-state index in [0.717, 1.165) is 0 Å². The van der Waals surface area contributed by atoms with E-state index in [1.807, 2.05) is 34.6 Å². The van der Waals surface area contributed by atoms with E-state index in [2.05, 4.69) is 10.6 Å². The predicted octanol–water partition coefficient (Wildman–Crippen LogP) is 2.41. The zero-order valence-electron chi connectivity index (χ0n) is 15.6. The molecule has 1 aromatic rings. The number of carbonyl (C=O) groups is 3. The first-order valence-electron chi connectivity index (χ1n) is 8.60. The summed E-state index contributed by atoms with van der Waals surface area (Å²) in [6.07, 6.45) is 0.246. The van der Waals surface area contributed by atoms with E-state index < -0.39 is 0 Å². The fourth-order valence-electron chi connectivity index (χ4n) is 2.77. The van der Waals surface area contributed by atoms with Crippen LogP contribution in [0.5, 0.6) is 0 Å². The first kappa shape index (κ1) is 19.0. The lowest BCUT2D eigenvalue weighted by molar-refractivity contribution is -0.129. The molecule has 1 unspecified atom stereocenters. The van der Waals surface area contributed by atoms with E-state index in [4.69, 9.17) is 0 Å². The molecule has 0 spiro atoms. The molecule has 1 heterocycles. The molecule has 6 nitrogen and oxygen atoms in total. The van der Waals surface area contributed by atoms with E-state index in [9.17, 15) is 14.4 Å². The number of hydrogen-bond donors (Lipinski definition) is 2. The Morgan fingerprint density at radius 3 is 2.24 bits per heavy atom. The van der Waals surface area contributed by atoms with Gasteiger partial charge in [-0.2, -0.15) is 0 Å². The van der Waals surface area contributed by atoms with Gasteiger partial charge in [-0.05, 0) is 58.9 Å². The average Bonchev–Trinajstić information content (AvgIpc) is 2.88. The average molecular weight is 345 g/mol. The molecule has 25 heavy (non-hydrogen) atoms. The molecule has 2 N–H and O–H groups in total. The molecular weight excluding hydrogens is 318 g/mol. The highest BCUT2D eigenvalue weighted by atomic mass is 16.2. The minimum absolute atomic E-state index is 0.0179. The van der Waals surface area contributed by atoms with Crippen molar-refractivity contribution in [2.75, 3.05) is 11.9 Å². The first-order valence-corrected chi connectivity index (χ1v) is 8.60. The van der Waals surface area contributed by atoms with Crippen molar-refractivity contribution in [2.24, 2.45) is 5.92 Å². The lowest BCUT2D eigenvalue weighted by Gasteiger charge is -2.21. The van der Waals surface area contributed by atoms with Gasteiger partial charge in [0.1, 0.15) is 0 Å². The molecule has 1 atom stereocenters. The number of rotatable bonds is 4. The largest absolute Gasteiger partial charge is 0.347 e. The molecule has 3 amide bonds. The van der Waals surface area contributed by atoms with Gasteiger partial charge in [0.2, 0.25) is 11.8 Å². The first-order chi connectivity index (χ1) is 11.6. The van der Waals surface area contributed by atoms with Crippen LogP contribution in [0.15, 0.2) is 24.3 Å². The summed E-state index contributed by atoms with van der Waals surface area (Å²) >= 11 is 0. The number of anilines is 1. The number of carbonyl (C=O) groups excluding carboxylic acids is 3. The van der Waals surface area contributed by atoms with Gasteiger partial charge < -0.3 is 15.5 Å². The van der Waals surface area contributed by atoms with Crippen molar-refractivity contribution >= 4 is 23.4 Å². The molecule has 1 aliphatic heterocycles. The van der Waals surface area contributed by atoms with Gasteiger partial charge in [0.15, 0.2) is 0 Å². The topological polar surface area (TPSA) is 78.5 Å². The van der Waals surface area contributed by atoms with Crippen LogP contribution in [0.4, 0.5) is 5.69 Å². The second-order valence-electron chi connectivity index (χ2n) is 7.81. The van der Waals surface area contributed by atoms with Crippen LogP contribution in [0.1, 0.15) is 51.4 Å². The van der Waals surface area contributed by atoms with Crippen molar-refractivity contribution in [3.8, 4) is 0 Å². The molecule has 1 aliphatic rings. The van der Waals surface area contributed by atoms with Gasteiger partial charge >= 0.3 is 0 Å². The number of likely N-dealkylation sites (tertiary alicyclic amines) is 1. The fraction of sp³-hybridized carbons (Fsp3) is 0.526. The Labute approximate surface area is 149 Å². The highest BCUT2D eigenvalue weighted by Crippen LogP contribution is 2.22. The molecule has 0 bridgehead atoms. The minimum atomic E-state index is -0.334. The van der Waals surface area contributed by atoms with E-state index in [-0.39, 0.29) is 41.6 Å². The molecule has 1 saturated heterocycles. The lowest BCUT2D eigenvalue weighted by Crippen LogP contribution is -2.40. The number of nitrogens with zero attached hydrogens (tertiary/aromatic N) is 1. The lowest BCUT2D eigenvalue weighted by atomic mass is 10.1. The Morgan fingerprint density at radius 1 is 1.16 bits per heavy atom. The summed E-state index contributed by atoms with van der Waals surface area (Å²) in [5.74, 6) is -0.633. The van der Waals surface area contributed by atoms with Gasteiger partial charge in [-0.15, -0.1) is 0 Å². The highest BCUT2D eigenvalue weighted by Gasteiger charge is 2.35. The highest BCUT2D eigenvalue weighted by molar-refractivity contribution is 5.98. The number of hydrogen-bond acceptors (Lipinski definition) is 3. The van der Waals surface area contributed by atoms with Crippen LogP contribution in [0.3, 0.4) is 0 Å². The summed E-state index contributed by atoms with van der Waals surface area (Å²) in [4.78, 5) is 38.1. The molecule has 1 aromatic carbocycles. The van der Waals surface area contributed by atoms with E-state index >= 15 is 0 Å². The molecule has 0 saturated carbocycles. The van der Waals surface area contributed by atoms with Gasteiger partial charge in [0.25, 0.3) is 5.91 Å². The zero-order chi connectivity index (χ0) is 18.8. The summed E-state index contributed by atoms with van der Waals surface area (Å²) < 4.78 is 0. The maximum atomic E-state index is 12.4. The third-order valence-electron chi connectivity index (χ3n) is 4.06. The van der Waals surface area contributed by atoms with E-state index in [1.54, 1.807) is 29.2 Å². The normalized spacial score (nSPS) is 17.8. The van der Waals surface area contributed by atoms with Crippen molar-refractivity contribution in [1.29, 1.82) is 0 Å². The van der Waals surface area contributed by atoms with Crippen LogP contribution in [0, 0.1) is 5.92 Å². The number of amides is 3. The van der Waals surface area contributed by atoms with Gasteiger partial charge in [0.05, 0.1) is 5.92 Å². The second-order valence-corrected chi connectivity index (χ2v) is 7.81. The molecule has 0 aromatic heterocycles. The van der Waals surface area contributed by atoms with Crippen LogP contribution < -0.4 is 10.6 Å². The van der Waals surface area contributed by atoms with E-state index in [0.29, 0.717) is 17.8 Å². The number of nitrogens with one attached hydrogen (secondary N) is 2. The van der Waals surface area contributed by atoms with Crippen molar-refractivity contribution < 1.29 is 14.4 Å². The number of benzene rings is 1. The Morgan fingerprint density at radius 2 is 1.76 bits per heavy atom. The Balaban J connectivity index is 1.96. The molecule has 6 heteroatoms. The van der Waals surface area contributed by atoms with Crippen LogP contribution in [0.2, 0.25) is 0 Å².